The molecule has 2 N–H and O–H groups in total. The normalized spacial score (nSPS) is 11.3. The largest absolute Gasteiger partial charge is 0.352 e. The molecule has 0 aliphatic rings. The minimum atomic E-state index is -3.61. The van der Waals surface area contributed by atoms with E-state index in [4.69, 9.17) is 11.6 Å². The second kappa shape index (κ2) is 9.71. The Balaban J connectivity index is 1.90. The molecule has 7 heteroatoms. The Morgan fingerprint density at radius 1 is 1.00 bits per heavy atom. The highest BCUT2D eigenvalue weighted by Crippen LogP contribution is 2.14. The smallest absolute Gasteiger partial charge is 0.251 e. The van der Waals surface area contributed by atoms with Gasteiger partial charge in [0.2, 0.25) is 10.0 Å². The summed E-state index contributed by atoms with van der Waals surface area (Å²) in [5, 5.41) is 3.35. The third-order valence-electron chi connectivity index (χ3n) is 3.87. The number of rotatable bonds is 9. The summed E-state index contributed by atoms with van der Waals surface area (Å²) in [5.41, 5.74) is 1.33. The van der Waals surface area contributed by atoms with Crippen LogP contribution in [0.25, 0.3) is 0 Å². The van der Waals surface area contributed by atoms with Crippen LogP contribution in [0.3, 0.4) is 0 Å². The van der Waals surface area contributed by atoms with Gasteiger partial charge in [-0.2, -0.15) is 0 Å². The van der Waals surface area contributed by atoms with Gasteiger partial charge < -0.3 is 5.32 Å². The maximum atomic E-state index is 12.2. The molecule has 0 bridgehead atoms. The van der Waals surface area contributed by atoms with Crippen LogP contribution < -0.4 is 10.0 Å². The Hall–Kier alpha value is -1.89. The standard InChI is InChI=1S/C19H23ClN2O3S/c1-2-3-4-13-21-19(23)16-7-5-15(6-8-16)14-22-26(24,25)18-11-9-17(20)10-12-18/h5-12,22H,2-4,13-14H2,1H3,(H,21,23). The lowest BCUT2D eigenvalue weighted by molar-refractivity contribution is 0.0953. The van der Waals surface area contributed by atoms with Crippen LogP contribution in [-0.4, -0.2) is 20.9 Å². The Bertz CT molecular complexity index is 819. The number of sulfonamides is 1. The molecule has 0 saturated heterocycles. The molecule has 2 aromatic carbocycles. The van der Waals surface area contributed by atoms with Crippen molar-refractivity contribution in [1.29, 1.82) is 0 Å². The number of benzene rings is 2. The van der Waals surface area contributed by atoms with Crippen molar-refractivity contribution in [3.8, 4) is 0 Å². The molecule has 0 aliphatic heterocycles. The fourth-order valence-electron chi connectivity index (χ4n) is 2.33. The Morgan fingerprint density at radius 2 is 1.65 bits per heavy atom. The number of carbonyl (C=O) groups is 1. The summed E-state index contributed by atoms with van der Waals surface area (Å²) in [6, 6.07) is 12.8. The zero-order valence-corrected chi connectivity index (χ0v) is 16.2. The van der Waals surface area contributed by atoms with Gasteiger partial charge >= 0.3 is 0 Å². The van der Waals surface area contributed by atoms with Gasteiger partial charge in [0.15, 0.2) is 0 Å². The summed E-state index contributed by atoms with van der Waals surface area (Å²) in [6.45, 7) is 2.92. The molecule has 2 aromatic rings. The number of halogens is 1. The lowest BCUT2D eigenvalue weighted by Crippen LogP contribution is -2.25. The van der Waals surface area contributed by atoms with Crippen molar-refractivity contribution < 1.29 is 13.2 Å². The van der Waals surface area contributed by atoms with Crippen molar-refractivity contribution in [2.24, 2.45) is 0 Å². The minimum absolute atomic E-state index is 0.116. The first-order valence-corrected chi connectivity index (χ1v) is 10.4. The molecule has 26 heavy (non-hydrogen) atoms. The third kappa shape index (κ3) is 6.12. The maximum absolute atomic E-state index is 12.2. The lowest BCUT2D eigenvalue weighted by atomic mass is 10.1. The molecule has 140 valence electrons. The summed E-state index contributed by atoms with van der Waals surface area (Å²) in [6.07, 6.45) is 3.16. The van der Waals surface area contributed by atoms with E-state index >= 15 is 0 Å². The number of unbranched alkanes of at least 4 members (excludes halogenated alkanes) is 2. The van der Waals surface area contributed by atoms with Crippen LogP contribution in [0.2, 0.25) is 5.02 Å². The van der Waals surface area contributed by atoms with Gasteiger partial charge in [-0.05, 0) is 48.4 Å². The van der Waals surface area contributed by atoms with E-state index in [0.717, 1.165) is 24.8 Å². The van der Waals surface area contributed by atoms with Crippen LogP contribution in [0.1, 0.15) is 42.1 Å². The van der Waals surface area contributed by atoms with Crippen LogP contribution in [-0.2, 0) is 16.6 Å². The highest BCUT2D eigenvalue weighted by Gasteiger charge is 2.13. The van der Waals surface area contributed by atoms with E-state index in [9.17, 15) is 13.2 Å². The summed E-state index contributed by atoms with van der Waals surface area (Å²) >= 11 is 5.77. The molecule has 2 rings (SSSR count). The number of nitrogens with one attached hydrogen (secondary N) is 2. The SMILES string of the molecule is CCCCCNC(=O)c1ccc(CNS(=O)(=O)c2ccc(Cl)cc2)cc1. The van der Waals surface area contributed by atoms with Gasteiger partial charge in [0.25, 0.3) is 5.91 Å². The molecule has 0 unspecified atom stereocenters. The van der Waals surface area contributed by atoms with Gasteiger partial charge in [-0.3, -0.25) is 4.79 Å². The first-order chi connectivity index (χ1) is 12.4. The van der Waals surface area contributed by atoms with Gasteiger partial charge in [-0.25, -0.2) is 13.1 Å². The minimum Gasteiger partial charge on any atom is -0.352 e. The van der Waals surface area contributed by atoms with Gasteiger partial charge in [0.05, 0.1) is 4.90 Å². The van der Waals surface area contributed by atoms with Gasteiger partial charge in [0, 0.05) is 23.7 Å². The topological polar surface area (TPSA) is 75.3 Å². The predicted octanol–water partition coefficient (Wildman–Crippen LogP) is 3.74. The van der Waals surface area contributed by atoms with E-state index in [1.807, 2.05) is 0 Å². The van der Waals surface area contributed by atoms with Gasteiger partial charge in [-0.1, -0.05) is 43.5 Å². The average molecular weight is 395 g/mol. The molecule has 0 aliphatic carbocycles. The Morgan fingerprint density at radius 3 is 2.27 bits per heavy atom. The van der Waals surface area contributed by atoms with Gasteiger partial charge in [0.1, 0.15) is 0 Å². The van der Waals surface area contributed by atoms with Crippen molar-refractivity contribution in [2.45, 2.75) is 37.6 Å². The Kier molecular flexibility index (Phi) is 7.63. The molecule has 0 spiro atoms. The fraction of sp³-hybridized carbons (Fsp3) is 0.316. The van der Waals surface area contributed by atoms with Crippen LogP contribution in [0.4, 0.5) is 0 Å². The maximum Gasteiger partial charge on any atom is 0.251 e. The van der Waals surface area contributed by atoms with E-state index in [-0.39, 0.29) is 17.3 Å². The molecule has 0 fully saturated rings. The fourth-order valence-corrected chi connectivity index (χ4v) is 3.47. The molecule has 1 amide bonds. The van der Waals surface area contributed by atoms with E-state index in [0.29, 0.717) is 17.1 Å². The van der Waals surface area contributed by atoms with Crippen molar-refractivity contribution in [3.63, 3.8) is 0 Å². The molecular formula is C19H23ClN2O3S. The summed E-state index contributed by atoms with van der Waals surface area (Å²) in [5.74, 6) is -0.116. The van der Waals surface area contributed by atoms with Crippen LogP contribution in [0.5, 0.6) is 0 Å². The molecule has 0 atom stereocenters. The molecule has 5 nitrogen and oxygen atoms in total. The van der Waals surface area contributed by atoms with Crippen LogP contribution in [0, 0.1) is 0 Å². The number of hydrogen-bond acceptors (Lipinski definition) is 3. The second-order valence-electron chi connectivity index (χ2n) is 5.94. The zero-order valence-electron chi connectivity index (χ0n) is 14.7. The quantitative estimate of drug-likeness (QED) is 0.636. The van der Waals surface area contributed by atoms with Crippen LogP contribution in [0.15, 0.2) is 53.4 Å². The van der Waals surface area contributed by atoms with Crippen molar-refractivity contribution in [3.05, 3.63) is 64.7 Å². The van der Waals surface area contributed by atoms with Crippen molar-refractivity contribution in [1.82, 2.24) is 10.0 Å². The number of hydrogen-bond donors (Lipinski definition) is 2. The molecule has 0 radical (unpaired) electrons. The van der Waals surface area contributed by atoms with Crippen molar-refractivity contribution >= 4 is 27.5 Å². The monoisotopic (exact) mass is 394 g/mol. The molecule has 0 aromatic heterocycles. The number of amides is 1. The van der Waals surface area contributed by atoms with E-state index in [1.54, 1.807) is 24.3 Å². The lowest BCUT2D eigenvalue weighted by Gasteiger charge is -2.08. The van der Waals surface area contributed by atoms with Crippen molar-refractivity contribution in [2.75, 3.05) is 6.54 Å². The van der Waals surface area contributed by atoms with Gasteiger partial charge in [-0.15, -0.1) is 0 Å². The van der Waals surface area contributed by atoms with E-state index in [1.165, 1.54) is 24.3 Å². The summed E-state index contributed by atoms with van der Waals surface area (Å²) in [4.78, 5) is 12.2. The second-order valence-corrected chi connectivity index (χ2v) is 8.14. The summed E-state index contributed by atoms with van der Waals surface area (Å²) in [7, 11) is -3.61. The highest BCUT2D eigenvalue weighted by atomic mass is 35.5. The molecule has 0 saturated carbocycles. The first-order valence-electron chi connectivity index (χ1n) is 8.55. The predicted molar refractivity (Wildman–Crippen MR) is 104 cm³/mol. The van der Waals surface area contributed by atoms with E-state index in [2.05, 4.69) is 17.0 Å². The number of carbonyl (C=O) groups excluding carboxylic acids is 1. The molecular weight excluding hydrogens is 372 g/mol. The summed E-state index contributed by atoms with van der Waals surface area (Å²) < 4.78 is 27.0. The zero-order chi connectivity index (χ0) is 19.0. The van der Waals surface area contributed by atoms with E-state index < -0.39 is 10.0 Å². The average Bonchev–Trinajstić information content (AvgIpc) is 2.64. The first kappa shape index (κ1) is 20.4. The van der Waals surface area contributed by atoms with Crippen LogP contribution >= 0.6 is 11.6 Å². The highest BCUT2D eigenvalue weighted by molar-refractivity contribution is 7.89. The molecule has 0 heterocycles. The third-order valence-corrected chi connectivity index (χ3v) is 5.54. The Labute approximate surface area is 159 Å².